The van der Waals surface area contributed by atoms with E-state index in [2.05, 4.69) is 15.6 Å². The summed E-state index contributed by atoms with van der Waals surface area (Å²) in [5, 5.41) is 10.4. The first kappa shape index (κ1) is 14.0. The Hall–Kier alpha value is -2.95. The van der Waals surface area contributed by atoms with E-state index in [1.807, 2.05) is 61.5 Å². The van der Waals surface area contributed by atoms with Crippen molar-refractivity contribution in [3.8, 4) is 11.3 Å². The molecule has 0 aliphatic rings. The number of aromatic nitrogens is 2. The second-order valence-corrected chi connectivity index (χ2v) is 5.04. The molecule has 1 N–H and O–H groups in total. The number of carbonyl (C=O) groups is 1. The van der Waals surface area contributed by atoms with Gasteiger partial charge in [-0.05, 0) is 22.8 Å². The molecule has 0 aliphatic heterocycles. The van der Waals surface area contributed by atoms with Gasteiger partial charge < -0.3 is 5.32 Å². The Kier molecular flexibility index (Phi) is 3.96. The van der Waals surface area contributed by atoms with Crippen LogP contribution in [0.4, 0.5) is 5.82 Å². The third kappa shape index (κ3) is 3.20. The van der Waals surface area contributed by atoms with Gasteiger partial charge in [-0.2, -0.15) is 0 Å². The third-order valence-corrected chi connectivity index (χ3v) is 3.28. The van der Waals surface area contributed by atoms with Gasteiger partial charge in [0.2, 0.25) is 11.7 Å². The van der Waals surface area contributed by atoms with Crippen LogP contribution in [-0.2, 0) is 11.2 Å². The summed E-state index contributed by atoms with van der Waals surface area (Å²) >= 11 is 0. The Balaban J connectivity index is 1.75. The average molecular weight is 293 g/mol. The molecule has 0 radical (unpaired) electrons. The Morgan fingerprint density at radius 2 is 1.77 bits per heavy atom. The van der Waals surface area contributed by atoms with Gasteiger partial charge in [0, 0.05) is 5.56 Å². The van der Waals surface area contributed by atoms with Crippen molar-refractivity contribution in [1.29, 1.82) is 0 Å². The zero-order valence-electron chi connectivity index (χ0n) is 12.1. The first-order valence-corrected chi connectivity index (χ1v) is 6.96. The van der Waals surface area contributed by atoms with E-state index < -0.39 is 0 Å². The summed E-state index contributed by atoms with van der Waals surface area (Å²) in [4.78, 5) is 12.1. The van der Waals surface area contributed by atoms with Gasteiger partial charge in [-0.15, -0.1) is 0 Å². The fourth-order valence-electron chi connectivity index (χ4n) is 2.13. The largest absolute Gasteiger partial charge is 0.306 e. The summed E-state index contributed by atoms with van der Waals surface area (Å²) < 4.78 is 4.77. The predicted molar refractivity (Wildman–Crippen MR) is 83.2 cm³/mol. The normalized spacial score (nSPS) is 10.4. The van der Waals surface area contributed by atoms with E-state index in [9.17, 15) is 4.79 Å². The van der Waals surface area contributed by atoms with E-state index in [0.717, 1.165) is 16.7 Å². The fourth-order valence-corrected chi connectivity index (χ4v) is 2.13. The maximum Gasteiger partial charge on any atom is 0.230 e. The highest BCUT2D eigenvalue weighted by Gasteiger charge is 2.15. The summed E-state index contributed by atoms with van der Waals surface area (Å²) in [6, 6.07) is 17.3. The Morgan fingerprint density at radius 1 is 1.05 bits per heavy atom. The molecule has 5 nitrogen and oxygen atoms in total. The second kappa shape index (κ2) is 6.22. The molecule has 110 valence electrons. The number of nitrogens with zero attached hydrogens (tertiary/aromatic N) is 2. The molecule has 22 heavy (non-hydrogen) atoms. The lowest BCUT2D eigenvalue weighted by atomic mass is 10.1. The molecule has 0 bridgehead atoms. The van der Waals surface area contributed by atoms with Crippen molar-refractivity contribution in [3.05, 3.63) is 65.7 Å². The lowest BCUT2D eigenvalue weighted by molar-refractivity contribution is -0.115. The molecule has 3 aromatic rings. The topological polar surface area (TPSA) is 68.0 Å². The highest BCUT2D eigenvalue weighted by molar-refractivity contribution is 5.94. The van der Waals surface area contributed by atoms with Crippen LogP contribution in [0.5, 0.6) is 0 Å². The molecular formula is C17H15N3O2. The van der Waals surface area contributed by atoms with E-state index in [4.69, 9.17) is 4.63 Å². The molecule has 0 saturated heterocycles. The third-order valence-electron chi connectivity index (χ3n) is 3.28. The molecule has 0 fully saturated rings. The summed E-state index contributed by atoms with van der Waals surface area (Å²) in [5.41, 5.74) is 3.46. The number of amides is 1. The van der Waals surface area contributed by atoms with Crippen LogP contribution in [0.25, 0.3) is 11.3 Å². The highest BCUT2D eigenvalue weighted by Crippen LogP contribution is 2.24. The van der Waals surface area contributed by atoms with E-state index in [-0.39, 0.29) is 12.3 Å². The van der Waals surface area contributed by atoms with Crippen LogP contribution >= 0.6 is 0 Å². The van der Waals surface area contributed by atoms with E-state index in [1.54, 1.807) is 0 Å². The van der Waals surface area contributed by atoms with Gasteiger partial charge in [0.05, 0.1) is 6.42 Å². The minimum Gasteiger partial charge on any atom is -0.306 e. The Morgan fingerprint density at radius 3 is 2.50 bits per heavy atom. The number of benzene rings is 2. The first-order valence-electron chi connectivity index (χ1n) is 6.96. The number of anilines is 1. The highest BCUT2D eigenvalue weighted by atomic mass is 16.6. The fraction of sp³-hybridized carbons (Fsp3) is 0.118. The van der Waals surface area contributed by atoms with Crippen molar-refractivity contribution in [2.24, 2.45) is 0 Å². The van der Waals surface area contributed by atoms with E-state index in [1.165, 1.54) is 0 Å². The Bertz CT molecular complexity index is 764. The molecule has 2 aromatic carbocycles. The van der Waals surface area contributed by atoms with E-state index in [0.29, 0.717) is 11.5 Å². The van der Waals surface area contributed by atoms with Crippen LogP contribution in [0.2, 0.25) is 0 Å². The zero-order valence-corrected chi connectivity index (χ0v) is 12.1. The molecule has 5 heteroatoms. The second-order valence-electron chi connectivity index (χ2n) is 5.04. The molecule has 1 aromatic heterocycles. The molecule has 0 aliphatic carbocycles. The van der Waals surface area contributed by atoms with Crippen molar-refractivity contribution < 1.29 is 9.42 Å². The summed E-state index contributed by atoms with van der Waals surface area (Å²) in [6.07, 6.45) is 0.279. The first-order chi connectivity index (χ1) is 10.7. The number of rotatable bonds is 4. The quantitative estimate of drug-likeness (QED) is 0.802. The number of hydrogen-bond acceptors (Lipinski definition) is 4. The predicted octanol–water partition coefficient (Wildman–Crippen LogP) is 3.23. The lowest BCUT2D eigenvalue weighted by Gasteiger charge is -2.04. The van der Waals surface area contributed by atoms with Crippen molar-refractivity contribution >= 4 is 11.7 Å². The molecule has 0 spiro atoms. The van der Waals surface area contributed by atoms with Gasteiger partial charge in [0.1, 0.15) is 0 Å². The minimum atomic E-state index is -0.157. The number of carbonyl (C=O) groups excluding carboxylic acids is 1. The van der Waals surface area contributed by atoms with Crippen molar-refractivity contribution in [1.82, 2.24) is 10.3 Å². The van der Waals surface area contributed by atoms with Crippen LogP contribution in [0, 0.1) is 6.92 Å². The monoisotopic (exact) mass is 293 g/mol. The smallest absolute Gasteiger partial charge is 0.230 e. The SMILES string of the molecule is Cc1ccc(-c2nonc2NC(=O)Cc2ccccc2)cc1. The molecule has 0 saturated carbocycles. The lowest BCUT2D eigenvalue weighted by Crippen LogP contribution is -2.15. The standard InChI is InChI=1S/C17H15N3O2/c1-12-7-9-14(10-8-12)16-17(20-22-19-16)18-15(21)11-13-5-3-2-4-6-13/h2-10H,11H2,1H3,(H,18,20,21). The van der Waals surface area contributed by atoms with Crippen LogP contribution < -0.4 is 5.32 Å². The average Bonchev–Trinajstić information content (AvgIpc) is 2.97. The van der Waals surface area contributed by atoms with E-state index >= 15 is 0 Å². The number of nitrogens with one attached hydrogen (secondary N) is 1. The van der Waals surface area contributed by atoms with Crippen LogP contribution in [0.15, 0.2) is 59.2 Å². The van der Waals surface area contributed by atoms with Crippen LogP contribution in [0.1, 0.15) is 11.1 Å². The van der Waals surface area contributed by atoms with Crippen LogP contribution in [0.3, 0.4) is 0 Å². The Labute approximate surface area is 127 Å². The maximum absolute atomic E-state index is 12.1. The number of aryl methyl sites for hydroxylation is 1. The summed E-state index contributed by atoms with van der Waals surface area (Å²) in [7, 11) is 0. The van der Waals surface area contributed by atoms with Gasteiger partial charge in [-0.3, -0.25) is 4.79 Å². The maximum atomic E-state index is 12.1. The molecule has 3 rings (SSSR count). The molecule has 1 amide bonds. The molecule has 1 heterocycles. The number of hydrogen-bond donors (Lipinski definition) is 1. The van der Waals surface area contributed by atoms with Gasteiger partial charge in [-0.1, -0.05) is 60.2 Å². The van der Waals surface area contributed by atoms with Gasteiger partial charge in [-0.25, -0.2) is 4.63 Å². The van der Waals surface area contributed by atoms with Gasteiger partial charge in [0.25, 0.3) is 0 Å². The van der Waals surface area contributed by atoms with Crippen molar-refractivity contribution in [2.45, 2.75) is 13.3 Å². The molecule has 0 atom stereocenters. The van der Waals surface area contributed by atoms with Gasteiger partial charge in [0.15, 0.2) is 5.69 Å². The summed E-state index contributed by atoms with van der Waals surface area (Å²) in [6.45, 7) is 2.01. The molecule has 0 unspecified atom stereocenters. The summed E-state index contributed by atoms with van der Waals surface area (Å²) in [5.74, 6) is 0.181. The van der Waals surface area contributed by atoms with Gasteiger partial charge >= 0.3 is 0 Å². The van der Waals surface area contributed by atoms with Crippen molar-refractivity contribution in [2.75, 3.05) is 5.32 Å². The molecular weight excluding hydrogens is 278 g/mol. The zero-order chi connectivity index (χ0) is 15.4. The minimum absolute atomic E-state index is 0.157. The van der Waals surface area contributed by atoms with Crippen molar-refractivity contribution in [3.63, 3.8) is 0 Å². The van der Waals surface area contributed by atoms with Crippen LogP contribution in [-0.4, -0.2) is 16.2 Å².